The molecule has 0 aromatic rings. The van der Waals surface area contributed by atoms with Crippen LogP contribution in [0.15, 0.2) is 0 Å². The quantitative estimate of drug-likeness (QED) is 0.576. The maximum Gasteiger partial charge on any atom is 0.293 e. The lowest BCUT2D eigenvalue weighted by Crippen LogP contribution is -2.29. The zero-order chi connectivity index (χ0) is 9.61. The van der Waals surface area contributed by atoms with Gasteiger partial charge in [-0.15, -0.1) is 0 Å². The van der Waals surface area contributed by atoms with E-state index in [1.807, 2.05) is 0 Å². The molecule has 0 amide bonds. The SMILES string of the molecule is CCC(C)C(C)(CC)COC=O. The van der Waals surface area contributed by atoms with Gasteiger partial charge in [0, 0.05) is 5.41 Å². The molecule has 0 heterocycles. The molecule has 0 N–H and O–H groups in total. The minimum absolute atomic E-state index is 0.148. The van der Waals surface area contributed by atoms with E-state index in [0.717, 1.165) is 12.8 Å². The first-order valence-corrected chi connectivity index (χ1v) is 4.66. The lowest BCUT2D eigenvalue weighted by Gasteiger charge is -2.33. The largest absolute Gasteiger partial charge is 0.467 e. The third-order valence-corrected chi connectivity index (χ3v) is 3.09. The van der Waals surface area contributed by atoms with Crippen LogP contribution in [0.2, 0.25) is 0 Å². The Morgan fingerprint density at radius 1 is 1.50 bits per heavy atom. The van der Waals surface area contributed by atoms with Crippen molar-refractivity contribution in [3.05, 3.63) is 0 Å². The number of rotatable bonds is 6. The van der Waals surface area contributed by atoms with Crippen molar-refractivity contribution >= 4 is 6.47 Å². The van der Waals surface area contributed by atoms with E-state index in [0.29, 0.717) is 19.0 Å². The highest BCUT2D eigenvalue weighted by molar-refractivity contribution is 5.37. The van der Waals surface area contributed by atoms with Gasteiger partial charge in [0.15, 0.2) is 0 Å². The summed E-state index contributed by atoms with van der Waals surface area (Å²) in [7, 11) is 0. The van der Waals surface area contributed by atoms with Crippen LogP contribution in [0.4, 0.5) is 0 Å². The normalized spacial score (nSPS) is 18.0. The van der Waals surface area contributed by atoms with Crippen LogP contribution in [-0.4, -0.2) is 13.1 Å². The van der Waals surface area contributed by atoms with E-state index in [9.17, 15) is 4.79 Å². The first-order chi connectivity index (χ1) is 5.60. The summed E-state index contributed by atoms with van der Waals surface area (Å²) in [6.07, 6.45) is 2.18. The standard InChI is InChI=1S/C10H20O2/c1-5-9(3)10(4,6-2)7-12-8-11/h8-9H,5-7H2,1-4H3. The van der Waals surface area contributed by atoms with Crippen LogP contribution in [-0.2, 0) is 9.53 Å². The molecule has 2 unspecified atom stereocenters. The second-order valence-electron chi connectivity index (χ2n) is 3.72. The zero-order valence-electron chi connectivity index (χ0n) is 8.59. The Hall–Kier alpha value is -0.530. The van der Waals surface area contributed by atoms with E-state index < -0.39 is 0 Å². The fraction of sp³-hybridized carbons (Fsp3) is 0.900. The molecule has 0 rings (SSSR count). The minimum atomic E-state index is 0.148. The Balaban J connectivity index is 4.11. The van der Waals surface area contributed by atoms with Crippen LogP contribution in [0.25, 0.3) is 0 Å². The summed E-state index contributed by atoms with van der Waals surface area (Å²) in [5.41, 5.74) is 0.148. The summed E-state index contributed by atoms with van der Waals surface area (Å²) in [6.45, 7) is 9.76. The lowest BCUT2D eigenvalue weighted by molar-refractivity contribution is -0.133. The lowest BCUT2D eigenvalue weighted by atomic mass is 9.75. The predicted octanol–water partition coefficient (Wildman–Crippen LogP) is 2.62. The highest BCUT2D eigenvalue weighted by Crippen LogP contribution is 2.33. The summed E-state index contributed by atoms with van der Waals surface area (Å²) in [5, 5.41) is 0. The number of hydrogen-bond acceptors (Lipinski definition) is 2. The summed E-state index contributed by atoms with van der Waals surface area (Å²) < 4.78 is 4.83. The fourth-order valence-electron chi connectivity index (χ4n) is 1.31. The maximum absolute atomic E-state index is 10.1. The Bertz CT molecular complexity index is 134. The van der Waals surface area contributed by atoms with Gasteiger partial charge in [-0.1, -0.05) is 34.1 Å². The van der Waals surface area contributed by atoms with Crippen molar-refractivity contribution in [1.29, 1.82) is 0 Å². The predicted molar refractivity (Wildman–Crippen MR) is 49.9 cm³/mol. The molecule has 2 atom stereocenters. The molecule has 0 bridgehead atoms. The Morgan fingerprint density at radius 3 is 2.42 bits per heavy atom. The van der Waals surface area contributed by atoms with Crippen LogP contribution in [0.3, 0.4) is 0 Å². The van der Waals surface area contributed by atoms with Crippen molar-refractivity contribution < 1.29 is 9.53 Å². The minimum Gasteiger partial charge on any atom is -0.467 e. The molecule has 0 radical (unpaired) electrons. The van der Waals surface area contributed by atoms with Gasteiger partial charge < -0.3 is 4.74 Å². The average molecular weight is 172 g/mol. The molecule has 0 spiro atoms. The van der Waals surface area contributed by atoms with Crippen molar-refractivity contribution in [2.75, 3.05) is 6.61 Å². The van der Waals surface area contributed by atoms with Crippen LogP contribution >= 0.6 is 0 Å². The van der Waals surface area contributed by atoms with E-state index in [1.54, 1.807) is 0 Å². The van der Waals surface area contributed by atoms with E-state index in [1.165, 1.54) is 0 Å². The third-order valence-electron chi connectivity index (χ3n) is 3.09. The van der Waals surface area contributed by atoms with Crippen molar-refractivity contribution in [2.45, 2.75) is 40.5 Å². The molecule has 0 fully saturated rings. The van der Waals surface area contributed by atoms with E-state index in [-0.39, 0.29) is 5.41 Å². The van der Waals surface area contributed by atoms with Gasteiger partial charge in [0.05, 0.1) is 6.61 Å². The first-order valence-electron chi connectivity index (χ1n) is 4.66. The molecule has 12 heavy (non-hydrogen) atoms. The first kappa shape index (κ1) is 11.5. The molecule has 0 aromatic heterocycles. The number of carbonyl (C=O) groups excluding carboxylic acids is 1. The van der Waals surface area contributed by atoms with Crippen molar-refractivity contribution in [2.24, 2.45) is 11.3 Å². The number of hydrogen-bond donors (Lipinski definition) is 0. The molecule has 2 nitrogen and oxygen atoms in total. The van der Waals surface area contributed by atoms with Crippen LogP contribution in [0.5, 0.6) is 0 Å². The molecule has 72 valence electrons. The summed E-state index contributed by atoms with van der Waals surface area (Å²) in [5.74, 6) is 0.599. The summed E-state index contributed by atoms with van der Waals surface area (Å²) in [4.78, 5) is 10.1. The summed E-state index contributed by atoms with van der Waals surface area (Å²) in [6, 6.07) is 0. The fourth-order valence-corrected chi connectivity index (χ4v) is 1.31. The van der Waals surface area contributed by atoms with Crippen LogP contribution < -0.4 is 0 Å². The van der Waals surface area contributed by atoms with Gasteiger partial charge in [0.2, 0.25) is 0 Å². The molecular formula is C10H20O2. The molecule has 0 saturated carbocycles. The number of carbonyl (C=O) groups is 1. The molecule has 0 aliphatic rings. The second kappa shape index (κ2) is 5.18. The molecule has 0 aliphatic heterocycles. The maximum atomic E-state index is 10.1. The Kier molecular flexibility index (Phi) is 4.95. The smallest absolute Gasteiger partial charge is 0.293 e. The monoisotopic (exact) mass is 172 g/mol. The van der Waals surface area contributed by atoms with E-state index >= 15 is 0 Å². The van der Waals surface area contributed by atoms with Gasteiger partial charge in [0.25, 0.3) is 6.47 Å². The van der Waals surface area contributed by atoms with Gasteiger partial charge in [0.1, 0.15) is 0 Å². The van der Waals surface area contributed by atoms with Crippen molar-refractivity contribution in [1.82, 2.24) is 0 Å². The highest BCUT2D eigenvalue weighted by atomic mass is 16.5. The highest BCUT2D eigenvalue weighted by Gasteiger charge is 2.28. The van der Waals surface area contributed by atoms with Gasteiger partial charge in [-0.3, -0.25) is 4.79 Å². The molecular weight excluding hydrogens is 152 g/mol. The third kappa shape index (κ3) is 2.84. The second-order valence-corrected chi connectivity index (χ2v) is 3.72. The van der Waals surface area contributed by atoms with Gasteiger partial charge in [-0.05, 0) is 12.3 Å². The molecule has 2 heteroatoms. The average Bonchev–Trinajstić information content (AvgIpc) is 2.12. The Morgan fingerprint density at radius 2 is 2.08 bits per heavy atom. The van der Waals surface area contributed by atoms with Crippen LogP contribution in [0.1, 0.15) is 40.5 Å². The molecule has 0 aliphatic carbocycles. The van der Waals surface area contributed by atoms with Gasteiger partial charge >= 0.3 is 0 Å². The van der Waals surface area contributed by atoms with E-state index in [4.69, 9.17) is 4.74 Å². The van der Waals surface area contributed by atoms with Crippen molar-refractivity contribution in [3.8, 4) is 0 Å². The number of ether oxygens (including phenoxy) is 1. The van der Waals surface area contributed by atoms with Crippen LogP contribution in [0, 0.1) is 11.3 Å². The van der Waals surface area contributed by atoms with E-state index in [2.05, 4.69) is 27.7 Å². The van der Waals surface area contributed by atoms with Gasteiger partial charge in [-0.25, -0.2) is 0 Å². The zero-order valence-corrected chi connectivity index (χ0v) is 8.59. The topological polar surface area (TPSA) is 26.3 Å². The van der Waals surface area contributed by atoms with Crippen molar-refractivity contribution in [3.63, 3.8) is 0 Å². The summed E-state index contributed by atoms with van der Waals surface area (Å²) >= 11 is 0. The van der Waals surface area contributed by atoms with Gasteiger partial charge in [-0.2, -0.15) is 0 Å². The molecule has 0 saturated heterocycles. The molecule has 0 aromatic carbocycles. The Labute approximate surface area is 75.3 Å².